The van der Waals surface area contributed by atoms with Crippen molar-refractivity contribution >= 4 is 5.91 Å². The normalized spacial score (nSPS) is 18.2. The summed E-state index contributed by atoms with van der Waals surface area (Å²) >= 11 is 0. The molecule has 0 aliphatic carbocycles. The van der Waals surface area contributed by atoms with Crippen molar-refractivity contribution < 1.29 is 9.53 Å². The van der Waals surface area contributed by atoms with Crippen LogP contribution >= 0.6 is 0 Å². The molecule has 0 unspecified atom stereocenters. The second-order valence-corrected chi connectivity index (χ2v) is 5.65. The van der Waals surface area contributed by atoms with E-state index in [4.69, 9.17) is 4.74 Å². The van der Waals surface area contributed by atoms with E-state index in [1.807, 2.05) is 13.1 Å². The van der Waals surface area contributed by atoms with Crippen molar-refractivity contribution in [1.82, 2.24) is 20.0 Å². The predicted molar refractivity (Wildman–Crippen MR) is 80.9 cm³/mol. The summed E-state index contributed by atoms with van der Waals surface area (Å²) in [6, 6.07) is 1.76. The molecule has 1 aromatic rings. The number of likely N-dealkylation sites (tertiary alicyclic amines) is 1. The predicted octanol–water partition coefficient (Wildman–Crippen LogP) is 1.10. The molecule has 0 radical (unpaired) electrons. The number of aromatic nitrogens is 2. The van der Waals surface area contributed by atoms with Crippen molar-refractivity contribution in [2.45, 2.75) is 31.7 Å². The van der Waals surface area contributed by atoms with Crippen molar-refractivity contribution in [3.63, 3.8) is 0 Å². The van der Waals surface area contributed by atoms with Crippen LogP contribution in [0.3, 0.4) is 0 Å². The van der Waals surface area contributed by atoms with Crippen LogP contribution in [0.1, 0.15) is 37.4 Å². The number of rotatable bonds is 6. The first kappa shape index (κ1) is 16.0. The summed E-state index contributed by atoms with van der Waals surface area (Å²) in [7, 11) is 3.52. The van der Waals surface area contributed by atoms with Crippen LogP contribution in [0.25, 0.3) is 0 Å². The molecular formula is C15H26N4O2. The van der Waals surface area contributed by atoms with E-state index in [0.29, 0.717) is 13.2 Å². The zero-order valence-electron chi connectivity index (χ0n) is 13.0. The molecule has 118 valence electrons. The number of hydrogen-bond acceptors (Lipinski definition) is 4. The van der Waals surface area contributed by atoms with Crippen LogP contribution in [0.5, 0.6) is 0 Å². The lowest BCUT2D eigenvalue weighted by atomic mass is 10.2. The number of ether oxygens (including phenoxy) is 1. The molecule has 2 rings (SSSR count). The molecule has 21 heavy (non-hydrogen) atoms. The standard InChI is InChI=1S/C15H26N4O2/c1-18-14(7-8-16-18)13(12-21-2)17-15(20)11-19-9-5-3-4-6-10-19/h7-8,13H,3-6,9-12H2,1-2H3,(H,17,20)/t13-/m0/s1. The number of hydrogen-bond donors (Lipinski definition) is 1. The average molecular weight is 294 g/mol. The van der Waals surface area contributed by atoms with Gasteiger partial charge in [-0.25, -0.2) is 0 Å². The summed E-state index contributed by atoms with van der Waals surface area (Å²) in [6.07, 6.45) is 6.67. The lowest BCUT2D eigenvalue weighted by Gasteiger charge is -2.22. The van der Waals surface area contributed by atoms with E-state index in [1.165, 1.54) is 25.7 Å². The number of nitrogens with one attached hydrogen (secondary N) is 1. The number of amides is 1. The molecule has 6 nitrogen and oxygen atoms in total. The molecule has 0 spiro atoms. The zero-order chi connectivity index (χ0) is 15.1. The van der Waals surface area contributed by atoms with Gasteiger partial charge in [0.2, 0.25) is 5.91 Å². The van der Waals surface area contributed by atoms with Gasteiger partial charge in [0.1, 0.15) is 0 Å². The van der Waals surface area contributed by atoms with Gasteiger partial charge in [-0.1, -0.05) is 12.8 Å². The summed E-state index contributed by atoms with van der Waals surface area (Å²) in [4.78, 5) is 14.5. The van der Waals surface area contributed by atoms with Gasteiger partial charge in [0.25, 0.3) is 0 Å². The highest BCUT2D eigenvalue weighted by atomic mass is 16.5. The van der Waals surface area contributed by atoms with E-state index in [9.17, 15) is 4.79 Å². The lowest BCUT2D eigenvalue weighted by Crippen LogP contribution is -2.40. The number of carbonyl (C=O) groups excluding carboxylic acids is 1. The summed E-state index contributed by atoms with van der Waals surface area (Å²) in [6.45, 7) is 2.96. The first-order valence-corrected chi connectivity index (χ1v) is 7.69. The summed E-state index contributed by atoms with van der Waals surface area (Å²) in [5, 5.41) is 7.22. The van der Waals surface area contributed by atoms with Crippen LogP contribution in [0.4, 0.5) is 0 Å². The Morgan fingerprint density at radius 1 is 1.38 bits per heavy atom. The Morgan fingerprint density at radius 3 is 2.67 bits per heavy atom. The van der Waals surface area contributed by atoms with Gasteiger partial charge < -0.3 is 10.1 Å². The quantitative estimate of drug-likeness (QED) is 0.853. The van der Waals surface area contributed by atoms with E-state index in [-0.39, 0.29) is 11.9 Å². The van der Waals surface area contributed by atoms with E-state index in [0.717, 1.165) is 18.8 Å². The number of carbonyl (C=O) groups is 1. The van der Waals surface area contributed by atoms with Gasteiger partial charge in [-0.2, -0.15) is 5.10 Å². The fraction of sp³-hybridized carbons (Fsp3) is 0.733. The molecule has 0 aromatic carbocycles. The van der Waals surface area contributed by atoms with Crippen LogP contribution in [0.2, 0.25) is 0 Å². The van der Waals surface area contributed by atoms with Crippen LogP contribution in [0, 0.1) is 0 Å². The maximum Gasteiger partial charge on any atom is 0.234 e. The molecule has 0 saturated carbocycles. The third kappa shape index (κ3) is 4.82. The summed E-state index contributed by atoms with van der Waals surface area (Å²) < 4.78 is 7.00. The topological polar surface area (TPSA) is 59.4 Å². The number of methoxy groups -OCH3 is 1. The summed E-state index contributed by atoms with van der Waals surface area (Å²) in [5.41, 5.74) is 0.959. The molecule has 1 N–H and O–H groups in total. The van der Waals surface area contributed by atoms with Crippen molar-refractivity contribution in [2.75, 3.05) is 33.4 Å². The van der Waals surface area contributed by atoms with Gasteiger partial charge >= 0.3 is 0 Å². The van der Waals surface area contributed by atoms with E-state index < -0.39 is 0 Å². The molecule has 1 amide bonds. The molecule has 1 aromatic heterocycles. The first-order chi connectivity index (χ1) is 10.2. The minimum Gasteiger partial charge on any atom is -0.382 e. The molecule has 1 aliphatic rings. The molecule has 2 heterocycles. The molecule has 1 saturated heterocycles. The van der Waals surface area contributed by atoms with Crippen LogP contribution in [-0.2, 0) is 16.6 Å². The maximum atomic E-state index is 12.3. The van der Waals surface area contributed by atoms with Crippen molar-refractivity contribution in [3.05, 3.63) is 18.0 Å². The Balaban J connectivity index is 1.90. The lowest BCUT2D eigenvalue weighted by molar-refractivity contribution is -0.123. The minimum absolute atomic E-state index is 0.0557. The Hall–Kier alpha value is -1.40. The zero-order valence-corrected chi connectivity index (χ0v) is 13.0. The smallest absolute Gasteiger partial charge is 0.234 e. The van der Waals surface area contributed by atoms with E-state index in [2.05, 4.69) is 15.3 Å². The highest BCUT2D eigenvalue weighted by Gasteiger charge is 2.19. The van der Waals surface area contributed by atoms with Gasteiger partial charge in [-0.15, -0.1) is 0 Å². The van der Waals surface area contributed by atoms with Crippen molar-refractivity contribution in [3.8, 4) is 0 Å². The van der Waals surface area contributed by atoms with Gasteiger partial charge in [0.15, 0.2) is 0 Å². The molecule has 6 heteroatoms. The maximum absolute atomic E-state index is 12.3. The van der Waals surface area contributed by atoms with Crippen molar-refractivity contribution in [1.29, 1.82) is 0 Å². The van der Waals surface area contributed by atoms with E-state index >= 15 is 0 Å². The second kappa shape index (κ2) is 8.14. The monoisotopic (exact) mass is 294 g/mol. The highest BCUT2D eigenvalue weighted by molar-refractivity contribution is 5.78. The van der Waals surface area contributed by atoms with Crippen molar-refractivity contribution in [2.24, 2.45) is 7.05 Å². The average Bonchev–Trinajstić information content (AvgIpc) is 2.71. The third-order valence-corrected chi connectivity index (χ3v) is 3.95. The molecular weight excluding hydrogens is 268 g/mol. The van der Waals surface area contributed by atoms with Gasteiger partial charge in [-0.3, -0.25) is 14.4 Å². The Bertz CT molecular complexity index is 439. The molecule has 1 aliphatic heterocycles. The Labute approximate surface area is 126 Å². The number of aryl methyl sites for hydroxylation is 1. The third-order valence-electron chi connectivity index (χ3n) is 3.95. The van der Waals surface area contributed by atoms with Crippen LogP contribution in [0.15, 0.2) is 12.3 Å². The van der Waals surface area contributed by atoms with Crippen LogP contribution < -0.4 is 5.32 Å². The van der Waals surface area contributed by atoms with E-state index in [1.54, 1.807) is 18.0 Å². The minimum atomic E-state index is -0.151. The molecule has 0 bridgehead atoms. The SMILES string of the molecule is COC[C@H](NC(=O)CN1CCCCCC1)c1ccnn1C. The van der Waals surface area contributed by atoms with Gasteiger partial charge in [-0.05, 0) is 32.0 Å². The Morgan fingerprint density at radius 2 is 2.10 bits per heavy atom. The summed E-state index contributed by atoms with van der Waals surface area (Å²) in [5.74, 6) is 0.0557. The molecule has 1 fully saturated rings. The first-order valence-electron chi connectivity index (χ1n) is 7.69. The fourth-order valence-corrected chi connectivity index (χ4v) is 2.83. The van der Waals surface area contributed by atoms with Gasteiger partial charge in [0.05, 0.1) is 24.9 Å². The number of nitrogens with zero attached hydrogens (tertiary/aromatic N) is 3. The van der Waals surface area contributed by atoms with Crippen LogP contribution in [-0.4, -0.2) is 53.9 Å². The highest BCUT2D eigenvalue weighted by Crippen LogP contribution is 2.13. The fourth-order valence-electron chi connectivity index (χ4n) is 2.83. The largest absolute Gasteiger partial charge is 0.382 e. The molecule has 1 atom stereocenters. The Kier molecular flexibility index (Phi) is 6.20. The van der Waals surface area contributed by atoms with Gasteiger partial charge in [0, 0.05) is 20.4 Å². The second-order valence-electron chi connectivity index (χ2n) is 5.65.